The van der Waals surface area contributed by atoms with Crippen LogP contribution >= 0.6 is 0 Å². The van der Waals surface area contributed by atoms with Gasteiger partial charge in [-0.05, 0) is 66.9 Å². The standard InChI is InChI=1S/C29H25FN2O5/c1-2-37-24-15-18(9-12-23(24)33)26-25(27(34)17-7-10-20(30)11-8-17)28(35)29(36)32(26)14-13-19-16-31-22-6-4-3-5-21(19)22/h3-12,15-16,26,31,33-34H,2,13-14H2,1H3/t26-/m0/s1. The van der Waals surface area contributed by atoms with Gasteiger partial charge in [0.1, 0.15) is 11.6 Å². The van der Waals surface area contributed by atoms with Gasteiger partial charge in [-0.2, -0.15) is 0 Å². The summed E-state index contributed by atoms with van der Waals surface area (Å²) in [5.41, 5.74) is 2.54. The molecule has 0 aliphatic carbocycles. The van der Waals surface area contributed by atoms with Crippen molar-refractivity contribution in [3.8, 4) is 11.5 Å². The number of hydrogen-bond donors (Lipinski definition) is 3. The van der Waals surface area contributed by atoms with Crippen LogP contribution in [0.5, 0.6) is 11.5 Å². The summed E-state index contributed by atoms with van der Waals surface area (Å²) in [7, 11) is 0. The number of phenolic OH excluding ortho intramolecular Hbond substituents is 1. The Balaban J connectivity index is 1.59. The van der Waals surface area contributed by atoms with Crippen LogP contribution in [0.15, 0.2) is 78.5 Å². The average molecular weight is 501 g/mol. The van der Waals surface area contributed by atoms with Crippen LogP contribution in [0, 0.1) is 5.82 Å². The zero-order valence-corrected chi connectivity index (χ0v) is 20.1. The third-order valence-electron chi connectivity index (χ3n) is 6.55. The summed E-state index contributed by atoms with van der Waals surface area (Å²) in [5, 5.41) is 22.4. The van der Waals surface area contributed by atoms with Gasteiger partial charge in [0, 0.05) is 29.2 Å². The molecular weight excluding hydrogens is 475 g/mol. The number of ketones is 1. The van der Waals surface area contributed by atoms with Crippen LogP contribution < -0.4 is 4.74 Å². The highest BCUT2D eigenvalue weighted by molar-refractivity contribution is 6.46. The van der Waals surface area contributed by atoms with Crippen molar-refractivity contribution < 1.29 is 28.9 Å². The Labute approximate surface area is 212 Å². The molecule has 1 fully saturated rings. The first-order valence-corrected chi connectivity index (χ1v) is 11.9. The van der Waals surface area contributed by atoms with Crippen molar-refractivity contribution in [3.05, 3.63) is 101 Å². The number of phenols is 1. The lowest BCUT2D eigenvalue weighted by atomic mass is 9.94. The average Bonchev–Trinajstić information content (AvgIpc) is 3.42. The number of likely N-dealkylation sites (tertiary alicyclic amines) is 1. The van der Waals surface area contributed by atoms with Gasteiger partial charge in [-0.3, -0.25) is 9.59 Å². The van der Waals surface area contributed by atoms with E-state index in [4.69, 9.17) is 4.74 Å². The van der Waals surface area contributed by atoms with Gasteiger partial charge in [0.15, 0.2) is 11.5 Å². The number of carbonyl (C=O) groups is 2. The fraction of sp³-hybridized carbons (Fsp3) is 0.172. The second-order valence-corrected chi connectivity index (χ2v) is 8.77. The van der Waals surface area contributed by atoms with Crippen molar-refractivity contribution in [1.29, 1.82) is 0 Å². The lowest BCUT2D eigenvalue weighted by Gasteiger charge is -2.26. The molecule has 1 amide bonds. The topological polar surface area (TPSA) is 103 Å². The van der Waals surface area contributed by atoms with Crippen LogP contribution in [0.2, 0.25) is 0 Å². The first-order valence-electron chi connectivity index (χ1n) is 11.9. The second-order valence-electron chi connectivity index (χ2n) is 8.77. The maximum Gasteiger partial charge on any atom is 0.295 e. The normalized spacial score (nSPS) is 17.0. The Kier molecular flexibility index (Phi) is 6.40. The van der Waals surface area contributed by atoms with E-state index in [2.05, 4.69) is 4.98 Å². The smallest absolute Gasteiger partial charge is 0.295 e. The molecule has 3 N–H and O–H groups in total. The number of para-hydroxylation sites is 1. The zero-order chi connectivity index (χ0) is 26.1. The Hall–Kier alpha value is -4.59. The molecule has 1 aromatic heterocycles. The molecule has 1 atom stereocenters. The first-order chi connectivity index (χ1) is 17.9. The molecule has 7 nitrogen and oxygen atoms in total. The van der Waals surface area contributed by atoms with E-state index in [0.717, 1.165) is 16.5 Å². The number of nitrogens with one attached hydrogen (secondary N) is 1. The lowest BCUT2D eigenvalue weighted by molar-refractivity contribution is -0.139. The highest BCUT2D eigenvalue weighted by Crippen LogP contribution is 2.42. The van der Waals surface area contributed by atoms with Crippen molar-refractivity contribution in [1.82, 2.24) is 9.88 Å². The molecule has 4 aromatic rings. The van der Waals surface area contributed by atoms with E-state index in [-0.39, 0.29) is 29.2 Å². The molecule has 37 heavy (non-hydrogen) atoms. The molecule has 0 saturated carbocycles. The maximum absolute atomic E-state index is 13.5. The van der Waals surface area contributed by atoms with Crippen LogP contribution in [0.3, 0.4) is 0 Å². The number of rotatable bonds is 7. The molecule has 5 rings (SSSR count). The molecule has 1 saturated heterocycles. The monoisotopic (exact) mass is 500 g/mol. The summed E-state index contributed by atoms with van der Waals surface area (Å²) < 4.78 is 19.0. The third kappa shape index (κ3) is 4.42. The number of Topliss-reactive ketones (excluding diaryl/α,β-unsaturated/α-hetero) is 1. The van der Waals surface area contributed by atoms with Crippen molar-refractivity contribution >= 4 is 28.4 Å². The number of aromatic hydroxyl groups is 1. The minimum atomic E-state index is -0.935. The largest absolute Gasteiger partial charge is 0.507 e. The summed E-state index contributed by atoms with van der Waals surface area (Å²) >= 11 is 0. The van der Waals surface area contributed by atoms with E-state index in [9.17, 15) is 24.2 Å². The molecule has 3 aromatic carbocycles. The van der Waals surface area contributed by atoms with Crippen molar-refractivity contribution in [2.45, 2.75) is 19.4 Å². The lowest BCUT2D eigenvalue weighted by Crippen LogP contribution is -2.31. The SMILES string of the molecule is CCOc1cc([C@H]2C(=C(O)c3ccc(F)cc3)C(=O)C(=O)N2CCc2c[nH]c3ccccc23)ccc1O. The Morgan fingerprint density at radius 2 is 1.84 bits per heavy atom. The number of amides is 1. The number of aliphatic hydroxyl groups excluding tert-OH is 1. The number of halogens is 1. The highest BCUT2D eigenvalue weighted by Gasteiger charge is 2.46. The first kappa shape index (κ1) is 24.1. The fourth-order valence-electron chi connectivity index (χ4n) is 4.77. The van der Waals surface area contributed by atoms with Crippen LogP contribution in [0.1, 0.15) is 29.7 Å². The summed E-state index contributed by atoms with van der Waals surface area (Å²) in [5.74, 6) is -2.36. The van der Waals surface area contributed by atoms with Crippen molar-refractivity contribution in [2.75, 3.05) is 13.2 Å². The van der Waals surface area contributed by atoms with Crippen molar-refractivity contribution in [3.63, 3.8) is 0 Å². The maximum atomic E-state index is 13.5. The number of H-pyrrole nitrogens is 1. The molecule has 0 bridgehead atoms. The number of fused-ring (bicyclic) bond motifs is 1. The molecule has 0 unspecified atom stereocenters. The number of ether oxygens (including phenoxy) is 1. The molecule has 1 aliphatic rings. The third-order valence-corrected chi connectivity index (χ3v) is 6.55. The van der Waals surface area contributed by atoms with Crippen LogP contribution in [0.25, 0.3) is 16.7 Å². The van der Waals surface area contributed by atoms with E-state index >= 15 is 0 Å². The zero-order valence-electron chi connectivity index (χ0n) is 20.1. The number of aliphatic hydroxyl groups is 1. The molecule has 2 heterocycles. The van der Waals surface area contributed by atoms with E-state index in [1.165, 1.54) is 35.2 Å². The summed E-state index contributed by atoms with van der Waals surface area (Å²) in [6.45, 7) is 2.27. The Morgan fingerprint density at radius 3 is 2.59 bits per heavy atom. The number of aromatic amines is 1. The van der Waals surface area contributed by atoms with Crippen molar-refractivity contribution in [2.24, 2.45) is 0 Å². The van der Waals surface area contributed by atoms with Gasteiger partial charge in [-0.1, -0.05) is 24.3 Å². The molecule has 0 radical (unpaired) electrons. The summed E-state index contributed by atoms with van der Waals surface area (Å²) in [4.78, 5) is 31.2. The predicted octanol–water partition coefficient (Wildman–Crippen LogP) is 5.08. The van der Waals surface area contributed by atoms with E-state index in [1.807, 2.05) is 30.5 Å². The number of nitrogens with zero attached hydrogens (tertiary/aromatic N) is 1. The minimum Gasteiger partial charge on any atom is -0.507 e. The van der Waals surface area contributed by atoms with Gasteiger partial charge in [-0.15, -0.1) is 0 Å². The molecule has 1 aliphatic heterocycles. The molecule has 8 heteroatoms. The van der Waals surface area contributed by atoms with Gasteiger partial charge in [0.25, 0.3) is 11.7 Å². The predicted molar refractivity (Wildman–Crippen MR) is 137 cm³/mol. The fourth-order valence-corrected chi connectivity index (χ4v) is 4.77. The quantitative estimate of drug-likeness (QED) is 0.187. The molecule has 188 valence electrons. The van der Waals surface area contributed by atoms with E-state index in [0.29, 0.717) is 18.6 Å². The van der Waals surface area contributed by atoms with Gasteiger partial charge in [0.05, 0.1) is 18.2 Å². The number of aromatic nitrogens is 1. The highest BCUT2D eigenvalue weighted by atomic mass is 19.1. The summed E-state index contributed by atoms with van der Waals surface area (Å²) in [6, 6.07) is 16.5. The minimum absolute atomic E-state index is 0.0834. The number of benzene rings is 3. The van der Waals surface area contributed by atoms with Crippen LogP contribution in [-0.4, -0.2) is 44.9 Å². The summed E-state index contributed by atoms with van der Waals surface area (Å²) in [6.07, 6.45) is 2.34. The van der Waals surface area contributed by atoms with E-state index in [1.54, 1.807) is 19.1 Å². The van der Waals surface area contributed by atoms with Gasteiger partial charge >= 0.3 is 0 Å². The van der Waals surface area contributed by atoms with Gasteiger partial charge in [-0.25, -0.2) is 4.39 Å². The second kappa shape index (κ2) is 9.81. The van der Waals surface area contributed by atoms with Gasteiger partial charge < -0.3 is 24.8 Å². The molecule has 0 spiro atoms. The van der Waals surface area contributed by atoms with E-state index < -0.39 is 29.3 Å². The van der Waals surface area contributed by atoms with Gasteiger partial charge in [0.2, 0.25) is 0 Å². The van der Waals surface area contributed by atoms with Crippen LogP contribution in [0.4, 0.5) is 4.39 Å². The number of carbonyl (C=O) groups excluding carboxylic acids is 2. The number of hydrogen-bond acceptors (Lipinski definition) is 5. The Morgan fingerprint density at radius 1 is 1.08 bits per heavy atom. The molecular formula is C29H25FN2O5. The van der Waals surface area contributed by atoms with Crippen LogP contribution in [-0.2, 0) is 16.0 Å². The Bertz CT molecular complexity index is 1520.